The first kappa shape index (κ1) is 34.0. The number of aromatic hydroxyl groups is 1. The first-order valence-electron chi connectivity index (χ1n) is 12.3. The number of carbonyl (C=O) groups excluding carboxylic acids is 4. The molecule has 0 heterocycles. The van der Waals surface area contributed by atoms with Gasteiger partial charge in [-0.2, -0.15) is 11.8 Å². The molecule has 4 atom stereocenters. The van der Waals surface area contributed by atoms with Gasteiger partial charge in [0.25, 0.3) is 0 Å². The van der Waals surface area contributed by atoms with Crippen molar-refractivity contribution in [2.24, 2.45) is 27.9 Å². The topological polar surface area (TPSA) is 278 Å². The molecular formula is C24H38N8O7S. The van der Waals surface area contributed by atoms with E-state index in [4.69, 9.17) is 22.9 Å². The fraction of sp³-hybridized carbons (Fsp3) is 0.500. The van der Waals surface area contributed by atoms with Gasteiger partial charge in [0.2, 0.25) is 23.6 Å². The van der Waals surface area contributed by atoms with E-state index in [1.165, 1.54) is 36.0 Å². The second-order valence-corrected chi connectivity index (χ2v) is 9.89. The predicted octanol–water partition coefficient (Wildman–Crippen LogP) is -2.52. The SMILES string of the molecule is CSCCC(NC(=O)C(CC(N)=O)NC(=O)C(N)CCCN=C(N)N)C(=O)NC(Cc1ccc(O)cc1)C(=O)O. The quantitative estimate of drug-likeness (QED) is 0.0495. The maximum absolute atomic E-state index is 13.0. The minimum Gasteiger partial charge on any atom is -0.508 e. The highest BCUT2D eigenvalue weighted by Crippen LogP contribution is 2.12. The van der Waals surface area contributed by atoms with Crippen LogP contribution in [0, 0.1) is 0 Å². The van der Waals surface area contributed by atoms with Gasteiger partial charge in [0.1, 0.15) is 23.9 Å². The Kier molecular flexibility index (Phi) is 14.9. The van der Waals surface area contributed by atoms with Crippen LogP contribution in [0.2, 0.25) is 0 Å². The normalized spacial score (nSPS) is 13.7. The first-order chi connectivity index (χ1) is 18.8. The number of phenols is 1. The Bertz CT molecular complexity index is 1050. The van der Waals surface area contributed by atoms with Gasteiger partial charge in [-0.05, 0) is 49.0 Å². The zero-order valence-electron chi connectivity index (χ0n) is 22.2. The number of nitrogens with zero attached hydrogens (tertiary/aromatic N) is 1. The Morgan fingerprint density at radius 1 is 0.900 bits per heavy atom. The minimum atomic E-state index is -1.43. The number of hydrogen-bond donors (Lipinski definition) is 9. The Morgan fingerprint density at radius 3 is 2.02 bits per heavy atom. The number of carboxylic acids is 1. The van der Waals surface area contributed by atoms with Crippen molar-refractivity contribution in [2.45, 2.75) is 56.3 Å². The van der Waals surface area contributed by atoms with Crippen LogP contribution in [-0.2, 0) is 30.4 Å². The van der Waals surface area contributed by atoms with Gasteiger partial charge in [-0.25, -0.2) is 4.79 Å². The number of guanidine groups is 1. The number of phenolic OH excluding ortho intramolecular Hbond substituents is 1. The van der Waals surface area contributed by atoms with Crippen molar-refractivity contribution in [1.29, 1.82) is 0 Å². The van der Waals surface area contributed by atoms with Crippen LogP contribution in [0.3, 0.4) is 0 Å². The zero-order chi connectivity index (χ0) is 30.2. The van der Waals surface area contributed by atoms with Crippen LogP contribution in [-0.4, -0.2) is 88.5 Å². The van der Waals surface area contributed by atoms with E-state index in [1.807, 2.05) is 0 Å². The Morgan fingerprint density at radius 2 is 1.48 bits per heavy atom. The van der Waals surface area contributed by atoms with Crippen LogP contribution in [0.25, 0.3) is 0 Å². The number of carboxylic acid groups (broad SMARTS) is 1. The molecule has 4 unspecified atom stereocenters. The lowest BCUT2D eigenvalue weighted by Gasteiger charge is -2.25. The summed E-state index contributed by atoms with van der Waals surface area (Å²) in [4.78, 5) is 65.9. The number of aliphatic imine (C=N–C) groups is 1. The van der Waals surface area contributed by atoms with Crippen molar-refractivity contribution in [3.63, 3.8) is 0 Å². The van der Waals surface area contributed by atoms with E-state index in [0.29, 0.717) is 17.7 Å². The second-order valence-electron chi connectivity index (χ2n) is 8.90. The van der Waals surface area contributed by atoms with Crippen molar-refractivity contribution in [1.82, 2.24) is 16.0 Å². The molecule has 0 saturated heterocycles. The third kappa shape index (κ3) is 13.1. The molecule has 0 spiro atoms. The predicted molar refractivity (Wildman–Crippen MR) is 150 cm³/mol. The van der Waals surface area contributed by atoms with Crippen LogP contribution in [0.4, 0.5) is 0 Å². The third-order valence-electron chi connectivity index (χ3n) is 5.58. The number of nitrogens with one attached hydrogen (secondary N) is 3. The Balaban J connectivity index is 2.94. The summed E-state index contributed by atoms with van der Waals surface area (Å²) < 4.78 is 0. The van der Waals surface area contributed by atoms with E-state index in [-0.39, 0.29) is 37.5 Å². The summed E-state index contributed by atoms with van der Waals surface area (Å²) in [5.41, 5.74) is 22.2. The van der Waals surface area contributed by atoms with Gasteiger partial charge < -0.3 is 49.1 Å². The third-order valence-corrected chi connectivity index (χ3v) is 6.22. The zero-order valence-corrected chi connectivity index (χ0v) is 23.0. The fourth-order valence-electron chi connectivity index (χ4n) is 3.46. The van der Waals surface area contributed by atoms with Gasteiger partial charge in [-0.3, -0.25) is 24.2 Å². The molecule has 1 aromatic carbocycles. The summed E-state index contributed by atoms with van der Waals surface area (Å²) in [6.07, 6.45) is 1.84. The maximum atomic E-state index is 13.0. The standard InChI is InChI=1S/C24H38N8O7S/c1-40-10-8-16(21(36)32-18(23(38)39)11-13-4-6-14(33)7-5-13)30-22(37)17(12-19(26)34)31-20(35)15(25)3-2-9-29-24(27)28/h4-7,15-18,33H,2-3,8-12,25H2,1H3,(H2,26,34)(H,30,37)(H,31,35)(H,32,36)(H,38,39)(H4,27,28,29). The Hall–Kier alpha value is -4.05. The van der Waals surface area contributed by atoms with Crippen LogP contribution in [0.5, 0.6) is 5.75 Å². The smallest absolute Gasteiger partial charge is 0.326 e. The van der Waals surface area contributed by atoms with E-state index in [9.17, 15) is 34.2 Å². The minimum absolute atomic E-state index is 0.00371. The highest BCUT2D eigenvalue weighted by Gasteiger charge is 2.31. The van der Waals surface area contributed by atoms with Crippen molar-refractivity contribution < 1.29 is 34.2 Å². The lowest BCUT2D eigenvalue weighted by molar-refractivity contribution is -0.142. The van der Waals surface area contributed by atoms with Crippen LogP contribution in [0.15, 0.2) is 29.3 Å². The molecule has 15 nitrogen and oxygen atoms in total. The molecule has 0 fully saturated rings. The maximum Gasteiger partial charge on any atom is 0.326 e. The molecule has 40 heavy (non-hydrogen) atoms. The van der Waals surface area contributed by atoms with Crippen molar-refractivity contribution in [3.8, 4) is 5.75 Å². The highest BCUT2D eigenvalue weighted by molar-refractivity contribution is 7.98. The summed E-state index contributed by atoms with van der Waals surface area (Å²) in [6.45, 7) is 0.241. The number of thioether (sulfide) groups is 1. The number of hydrogen-bond acceptors (Lipinski definition) is 9. The van der Waals surface area contributed by atoms with E-state index in [2.05, 4.69) is 20.9 Å². The van der Waals surface area contributed by atoms with Gasteiger partial charge in [-0.1, -0.05) is 12.1 Å². The summed E-state index contributed by atoms with van der Waals surface area (Å²) in [5, 5.41) is 26.3. The van der Waals surface area contributed by atoms with Crippen LogP contribution < -0.4 is 38.9 Å². The molecule has 16 heteroatoms. The monoisotopic (exact) mass is 582 g/mol. The van der Waals surface area contributed by atoms with Gasteiger partial charge in [-0.15, -0.1) is 0 Å². The average Bonchev–Trinajstić information content (AvgIpc) is 2.88. The molecule has 0 bridgehead atoms. The number of carbonyl (C=O) groups is 5. The molecule has 0 saturated carbocycles. The fourth-order valence-corrected chi connectivity index (χ4v) is 3.93. The van der Waals surface area contributed by atoms with Gasteiger partial charge in [0.05, 0.1) is 12.5 Å². The molecule has 0 aliphatic rings. The second kappa shape index (κ2) is 17.5. The largest absolute Gasteiger partial charge is 0.508 e. The molecular weight excluding hydrogens is 544 g/mol. The number of nitrogens with two attached hydrogens (primary N) is 4. The van der Waals surface area contributed by atoms with E-state index < -0.39 is 60.2 Å². The number of amides is 4. The number of benzene rings is 1. The van der Waals surface area contributed by atoms with Crippen LogP contribution in [0.1, 0.15) is 31.2 Å². The van der Waals surface area contributed by atoms with Crippen molar-refractivity contribution in [2.75, 3.05) is 18.6 Å². The first-order valence-corrected chi connectivity index (χ1v) is 13.7. The lowest BCUT2D eigenvalue weighted by atomic mass is 10.0. The van der Waals surface area contributed by atoms with Gasteiger partial charge >= 0.3 is 5.97 Å². The summed E-state index contributed by atoms with van der Waals surface area (Å²) in [5.74, 6) is -4.22. The number of primary amides is 1. The Labute approximate surface area is 235 Å². The highest BCUT2D eigenvalue weighted by atomic mass is 32.2. The number of aliphatic carboxylic acids is 1. The lowest BCUT2D eigenvalue weighted by Crippen LogP contribution is -2.58. The molecule has 222 valence electrons. The molecule has 0 aromatic heterocycles. The van der Waals surface area contributed by atoms with E-state index in [0.717, 1.165) is 0 Å². The van der Waals surface area contributed by atoms with Crippen LogP contribution >= 0.6 is 11.8 Å². The van der Waals surface area contributed by atoms with Crippen molar-refractivity contribution >= 4 is 47.3 Å². The van der Waals surface area contributed by atoms with E-state index in [1.54, 1.807) is 6.26 Å². The molecule has 1 aromatic rings. The van der Waals surface area contributed by atoms with Gasteiger partial charge in [0, 0.05) is 13.0 Å². The molecule has 0 aliphatic heterocycles. The molecule has 13 N–H and O–H groups in total. The van der Waals surface area contributed by atoms with Crippen molar-refractivity contribution in [3.05, 3.63) is 29.8 Å². The summed E-state index contributed by atoms with van der Waals surface area (Å²) in [7, 11) is 0. The van der Waals surface area contributed by atoms with Gasteiger partial charge in [0.15, 0.2) is 5.96 Å². The average molecular weight is 583 g/mol. The molecule has 0 radical (unpaired) electrons. The summed E-state index contributed by atoms with van der Waals surface area (Å²) in [6, 6.07) is 0.849. The molecule has 1 rings (SSSR count). The molecule has 4 amide bonds. The summed E-state index contributed by atoms with van der Waals surface area (Å²) >= 11 is 1.39. The van der Waals surface area contributed by atoms with E-state index >= 15 is 0 Å². The molecule has 0 aliphatic carbocycles. The number of rotatable bonds is 18.